The fraction of sp³-hybridized carbons (Fsp3) is 0.870. The molecule has 0 atom stereocenters. The Balaban J connectivity index is 3.42. The summed E-state index contributed by atoms with van der Waals surface area (Å²) in [5.41, 5.74) is 0. The van der Waals surface area contributed by atoms with Gasteiger partial charge in [-0.1, -0.05) is 166 Å². The predicted octanol–water partition coefficient (Wildman–Crippen LogP) is 13.6. The van der Waals surface area contributed by atoms with Crippen LogP contribution in [0.15, 0.2) is 24.3 Å². The number of carboxylic acids is 2. The van der Waals surface area contributed by atoms with Crippen molar-refractivity contribution in [3.05, 3.63) is 24.3 Å². The van der Waals surface area contributed by atoms with E-state index >= 15 is 0 Å². The van der Waals surface area contributed by atoms with Crippen LogP contribution >= 0.6 is 0 Å². The van der Waals surface area contributed by atoms with Gasteiger partial charge in [-0.15, -0.1) is 0 Å². The first-order chi connectivity index (χ1) is 25.6. The minimum Gasteiger partial charge on any atom is -0.481 e. The molecule has 3 N–H and O–H groups in total. The summed E-state index contributed by atoms with van der Waals surface area (Å²) in [6, 6.07) is 0. The van der Waals surface area contributed by atoms with Gasteiger partial charge in [0.05, 0.1) is 6.61 Å². The molecule has 0 aliphatic rings. The number of carboxylic acid groups (broad SMARTS) is 2. The molecule has 0 radical (unpaired) electrons. The topological polar surface area (TPSA) is 98.1 Å². The van der Waals surface area contributed by atoms with Gasteiger partial charge in [-0.05, 0) is 90.1 Å². The maximum absolute atomic E-state index is 10.5. The lowest BCUT2D eigenvalue weighted by Gasteiger charge is -2.21. The number of carbonyl (C=O) groups is 2. The maximum atomic E-state index is 10.5. The van der Waals surface area contributed by atoms with Gasteiger partial charge in [0.1, 0.15) is 0 Å². The summed E-state index contributed by atoms with van der Waals surface area (Å²) >= 11 is 0. The highest BCUT2D eigenvalue weighted by atomic mass is 16.4. The van der Waals surface area contributed by atoms with Gasteiger partial charge in [0, 0.05) is 19.4 Å². The fourth-order valence-electron chi connectivity index (χ4n) is 7.11. The number of aliphatic hydroxyl groups is 1. The Morgan fingerprint density at radius 3 is 0.808 bits per heavy atom. The zero-order valence-electron chi connectivity index (χ0n) is 34.2. The standard InChI is InChI=1S/C46H87NO5/c48-44-43-47(41-37-33-29-25-21-17-13-9-5-1-3-7-11-15-19-23-27-31-35-39-45(49)50)42-38-34-30-26-22-18-14-10-6-2-4-8-12-16-20-24-28-32-36-40-46(51)52/h5-6,9-10,48H,1-4,7-8,11-44H2,(H,49,50)(H,51,52)/b9-5-,10-6-. The molecule has 0 rings (SSSR count). The van der Waals surface area contributed by atoms with Crippen molar-refractivity contribution in [1.82, 2.24) is 4.90 Å². The van der Waals surface area contributed by atoms with Crippen LogP contribution in [0, 0.1) is 0 Å². The van der Waals surface area contributed by atoms with E-state index in [1.165, 1.54) is 193 Å². The molecule has 6 heteroatoms. The Hall–Kier alpha value is -1.66. The summed E-state index contributed by atoms with van der Waals surface area (Å²) in [7, 11) is 0. The third kappa shape index (κ3) is 44.5. The molecule has 0 amide bonds. The molecular weight excluding hydrogens is 647 g/mol. The van der Waals surface area contributed by atoms with E-state index in [1.54, 1.807) is 0 Å². The number of unbranched alkanes of at least 4 members (excludes halogenated alkanes) is 30. The number of aliphatic carboxylic acids is 2. The van der Waals surface area contributed by atoms with E-state index in [2.05, 4.69) is 29.2 Å². The van der Waals surface area contributed by atoms with Crippen molar-refractivity contribution >= 4 is 11.9 Å². The van der Waals surface area contributed by atoms with Crippen molar-refractivity contribution in [3.63, 3.8) is 0 Å². The van der Waals surface area contributed by atoms with Crippen LogP contribution in [0.5, 0.6) is 0 Å². The lowest BCUT2D eigenvalue weighted by atomic mass is 10.1. The molecule has 0 spiro atoms. The minimum absolute atomic E-state index is 0.276. The molecule has 0 fully saturated rings. The van der Waals surface area contributed by atoms with Gasteiger partial charge in [-0.25, -0.2) is 0 Å². The Kier molecular flexibility index (Phi) is 42.3. The third-order valence-electron chi connectivity index (χ3n) is 10.5. The van der Waals surface area contributed by atoms with Crippen LogP contribution in [0.3, 0.4) is 0 Å². The molecule has 0 aromatic heterocycles. The van der Waals surface area contributed by atoms with E-state index in [1.807, 2.05) is 0 Å². The summed E-state index contributed by atoms with van der Waals surface area (Å²) in [5, 5.41) is 26.8. The van der Waals surface area contributed by atoms with Gasteiger partial charge in [-0.2, -0.15) is 0 Å². The Bertz CT molecular complexity index is 736. The van der Waals surface area contributed by atoms with Gasteiger partial charge < -0.3 is 20.2 Å². The molecular formula is C46H87NO5. The molecule has 0 aliphatic carbocycles. The molecule has 0 unspecified atom stereocenters. The highest BCUT2D eigenvalue weighted by Crippen LogP contribution is 2.15. The Morgan fingerprint density at radius 2 is 0.558 bits per heavy atom. The third-order valence-corrected chi connectivity index (χ3v) is 10.5. The first-order valence-electron chi connectivity index (χ1n) is 22.6. The van der Waals surface area contributed by atoms with Crippen molar-refractivity contribution in [2.24, 2.45) is 0 Å². The highest BCUT2D eigenvalue weighted by Gasteiger charge is 2.04. The fourth-order valence-corrected chi connectivity index (χ4v) is 7.11. The van der Waals surface area contributed by atoms with E-state index in [9.17, 15) is 14.7 Å². The maximum Gasteiger partial charge on any atom is 0.303 e. The van der Waals surface area contributed by atoms with Crippen LogP contribution in [0.4, 0.5) is 0 Å². The summed E-state index contributed by atoms with van der Waals surface area (Å²) in [5.74, 6) is -1.33. The summed E-state index contributed by atoms with van der Waals surface area (Å²) in [6.07, 6.45) is 52.9. The van der Waals surface area contributed by atoms with Crippen molar-refractivity contribution < 1.29 is 24.9 Å². The zero-order valence-corrected chi connectivity index (χ0v) is 34.2. The average molecular weight is 734 g/mol. The Morgan fingerprint density at radius 1 is 0.327 bits per heavy atom. The van der Waals surface area contributed by atoms with E-state index in [4.69, 9.17) is 10.2 Å². The van der Waals surface area contributed by atoms with Crippen LogP contribution < -0.4 is 0 Å². The molecule has 52 heavy (non-hydrogen) atoms. The average Bonchev–Trinajstić information content (AvgIpc) is 3.12. The normalized spacial score (nSPS) is 11.9. The van der Waals surface area contributed by atoms with Gasteiger partial charge in [0.2, 0.25) is 0 Å². The second kappa shape index (κ2) is 43.7. The lowest BCUT2D eigenvalue weighted by molar-refractivity contribution is -0.138. The van der Waals surface area contributed by atoms with E-state index in [0.29, 0.717) is 12.8 Å². The monoisotopic (exact) mass is 734 g/mol. The number of aliphatic hydroxyl groups excluding tert-OH is 1. The molecule has 306 valence electrons. The summed E-state index contributed by atoms with van der Waals surface area (Å²) in [4.78, 5) is 23.5. The van der Waals surface area contributed by atoms with Crippen molar-refractivity contribution in [1.29, 1.82) is 0 Å². The number of hydrogen-bond donors (Lipinski definition) is 3. The van der Waals surface area contributed by atoms with Gasteiger partial charge in [0.15, 0.2) is 0 Å². The van der Waals surface area contributed by atoms with Crippen molar-refractivity contribution in [2.45, 2.75) is 231 Å². The smallest absolute Gasteiger partial charge is 0.303 e. The van der Waals surface area contributed by atoms with E-state index < -0.39 is 11.9 Å². The second-order valence-corrected chi connectivity index (χ2v) is 15.6. The molecule has 0 aromatic carbocycles. The first kappa shape index (κ1) is 50.3. The van der Waals surface area contributed by atoms with E-state index in [0.717, 1.165) is 45.3 Å². The summed E-state index contributed by atoms with van der Waals surface area (Å²) < 4.78 is 0. The predicted molar refractivity (Wildman–Crippen MR) is 223 cm³/mol. The minimum atomic E-state index is -0.664. The van der Waals surface area contributed by atoms with Crippen LogP contribution in [0.1, 0.15) is 231 Å². The Labute approximate surface area is 322 Å². The second-order valence-electron chi connectivity index (χ2n) is 15.6. The molecule has 0 aromatic rings. The first-order valence-corrected chi connectivity index (χ1v) is 22.6. The zero-order chi connectivity index (χ0) is 37.8. The van der Waals surface area contributed by atoms with Gasteiger partial charge in [-0.3, -0.25) is 9.59 Å². The van der Waals surface area contributed by atoms with Crippen LogP contribution in [-0.4, -0.2) is 58.4 Å². The molecule has 0 aliphatic heterocycles. The van der Waals surface area contributed by atoms with Crippen LogP contribution in [0.25, 0.3) is 0 Å². The van der Waals surface area contributed by atoms with Crippen molar-refractivity contribution in [3.8, 4) is 0 Å². The van der Waals surface area contributed by atoms with E-state index in [-0.39, 0.29) is 6.61 Å². The largest absolute Gasteiger partial charge is 0.481 e. The number of allylic oxidation sites excluding steroid dienone is 4. The van der Waals surface area contributed by atoms with Crippen LogP contribution in [0.2, 0.25) is 0 Å². The number of nitrogens with zero attached hydrogens (tertiary/aromatic N) is 1. The molecule has 0 saturated carbocycles. The molecule has 0 heterocycles. The molecule has 0 saturated heterocycles. The quantitative estimate of drug-likeness (QED) is 0.0426. The SMILES string of the molecule is O=C(O)CCCCCCCCCCC/C=C\CCCCCCCCN(CCO)CCCCCCCC/C=C\CCCCCCCCCCCC(=O)O. The molecule has 0 bridgehead atoms. The van der Waals surface area contributed by atoms with Gasteiger partial charge in [0.25, 0.3) is 0 Å². The van der Waals surface area contributed by atoms with Gasteiger partial charge >= 0.3 is 11.9 Å². The summed E-state index contributed by atoms with van der Waals surface area (Å²) in [6.45, 7) is 3.39. The van der Waals surface area contributed by atoms with Crippen LogP contribution in [-0.2, 0) is 9.59 Å². The number of rotatable bonds is 44. The molecule has 6 nitrogen and oxygen atoms in total. The van der Waals surface area contributed by atoms with Crippen molar-refractivity contribution in [2.75, 3.05) is 26.2 Å². The lowest BCUT2D eigenvalue weighted by Crippen LogP contribution is -2.29. The highest BCUT2D eigenvalue weighted by molar-refractivity contribution is 5.66. The number of hydrogen-bond acceptors (Lipinski definition) is 4.